The highest BCUT2D eigenvalue weighted by Crippen LogP contribution is 2.06. The minimum atomic E-state index is -2.73. The fraction of sp³-hybridized carbons (Fsp3) is 0.800. The first-order valence-corrected chi connectivity index (χ1v) is 3.12. The number of aliphatic hydroxyl groups is 4. The lowest BCUT2D eigenvalue weighted by molar-refractivity contribution is -0.162. The standard InChI is InChI=1S/C5H12N2O5/c6-4(11)5(7,12)3(10)2(9)1-8/h2-3,8-10,12H,1,7H2,(H2,6,11)/t2-,3+,5-/m1/s1. The van der Waals surface area contributed by atoms with Crippen LogP contribution in [-0.2, 0) is 4.79 Å². The van der Waals surface area contributed by atoms with Crippen LogP contribution in [0.1, 0.15) is 0 Å². The Bertz CT molecular complexity index is 171. The molecule has 0 aromatic heterocycles. The number of aliphatic hydroxyl groups excluding tert-OH is 3. The molecule has 0 aromatic rings. The summed E-state index contributed by atoms with van der Waals surface area (Å²) in [5, 5.41) is 35.0. The third-order valence-corrected chi connectivity index (χ3v) is 1.40. The molecule has 0 aliphatic carbocycles. The van der Waals surface area contributed by atoms with Crippen LogP contribution in [0, 0.1) is 0 Å². The normalized spacial score (nSPS) is 21.1. The zero-order valence-corrected chi connectivity index (χ0v) is 6.21. The van der Waals surface area contributed by atoms with Crippen molar-refractivity contribution in [1.82, 2.24) is 0 Å². The smallest absolute Gasteiger partial charge is 0.267 e. The molecule has 1 amide bonds. The summed E-state index contributed by atoms with van der Waals surface area (Å²) in [6.07, 6.45) is -3.73. The molecule has 3 atom stereocenters. The zero-order valence-electron chi connectivity index (χ0n) is 6.21. The van der Waals surface area contributed by atoms with E-state index in [2.05, 4.69) is 5.73 Å². The highest BCUT2D eigenvalue weighted by Gasteiger charge is 2.41. The molecule has 7 heteroatoms. The Morgan fingerprint density at radius 3 is 2.17 bits per heavy atom. The van der Waals surface area contributed by atoms with Crippen LogP contribution < -0.4 is 11.5 Å². The van der Waals surface area contributed by atoms with Gasteiger partial charge in [-0.05, 0) is 0 Å². The highest BCUT2D eigenvalue weighted by molar-refractivity contribution is 5.83. The first kappa shape index (κ1) is 11.3. The summed E-state index contributed by atoms with van der Waals surface area (Å²) in [6, 6.07) is 0. The van der Waals surface area contributed by atoms with Gasteiger partial charge in [0.2, 0.25) is 5.72 Å². The number of amides is 1. The van der Waals surface area contributed by atoms with Gasteiger partial charge in [0.15, 0.2) is 0 Å². The number of hydrogen-bond donors (Lipinski definition) is 6. The monoisotopic (exact) mass is 180 g/mol. The molecule has 0 fully saturated rings. The Kier molecular flexibility index (Phi) is 3.55. The summed E-state index contributed by atoms with van der Waals surface area (Å²) >= 11 is 0. The topological polar surface area (TPSA) is 150 Å². The van der Waals surface area contributed by atoms with E-state index in [1.165, 1.54) is 0 Å². The van der Waals surface area contributed by atoms with Crippen molar-refractivity contribution < 1.29 is 25.2 Å². The van der Waals surface area contributed by atoms with E-state index < -0.39 is 30.4 Å². The molecule has 12 heavy (non-hydrogen) atoms. The average Bonchev–Trinajstić information content (AvgIpc) is 2.01. The van der Waals surface area contributed by atoms with E-state index in [9.17, 15) is 4.79 Å². The number of carbonyl (C=O) groups excluding carboxylic acids is 1. The third kappa shape index (κ3) is 2.13. The van der Waals surface area contributed by atoms with Gasteiger partial charge in [0, 0.05) is 0 Å². The minimum Gasteiger partial charge on any atom is -0.394 e. The van der Waals surface area contributed by atoms with Crippen LogP contribution in [-0.4, -0.2) is 50.9 Å². The molecule has 0 saturated heterocycles. The summed E-state index contributed by atoms with van der Waals surface area (Å²) in [7, 11) is 0. The Morgan fingerprint density at radius 2 is 1.92 bits per heavy atom. The zero-order chi connectivity index (χ0) is 9.94. The van der Waals surface area contributed by atoms with E-state index in [0.717, 1.165) is 0 Å². The summed E-state index contributed by atoms with van der Waals surface area (Å²) in [6.45, 7) is -0.839. The predicted octanol–water partition coefficient (Wildman–Crippen LogP) is -4.17. The van der Waals surface area contributed by atoms with Gasteiger partial charge in [-0.1, -0.05) is 0 Å². The summed E-state index contributed by atoms with van der Waals surface area (Å²) < 4.78 is 0. The van der Waals surface area contributed by atoms with E-state index in [4.69, 9.17) is 26.2 Å². The van der Waals surface area contributed by atoms with Gasteiger partial charge in [-0.2, -0.15) is 0 Å². The fourth-order valence-corrected chi connectivity index (χ4v) is 0.539. The van der Waals surface area contributed by atoms with Gasteiger partial charge in [-0.3, -0.25) is 10.5 Å². The number of carbonyl (C=O) groups is 1. The quantitative estimate of drug-likeness (QED) is 0.242. The van der Waals surface area contributed by atoms with Crippen molar-refractivity contribution in [2.75, 3.05) is 6.61 Å². The van der Waals surface area contributed by atoms with Crippen LogP contribution in [0.3, 0.4) is 0 Å². The molecule has 0 rings (SSSR count). The first-order valence-electron chi connectivity index (χ1n) is 3.12. The first-order chi connectivity index (χ1) is 5.34. The van der Waals surface area contributed by atoms with Crippen molar-refractivity contribution in [1.29, 1.82) is 0 Å². The van der Waals surface area contributed by atoms with Gasteiger partial charge >= 0.3 is 0 Å². The van der Waals surface area contributed by atoms with Crippen molar-refractivity contribution in [3.05, 3.63) is 0 Å². The van der Waals surface area contributed by atoms with Crippen LogP contribution in [0.2, 0.25) is 0 Å². The van der Waals surface area contributed by atoms with Gasteiger partial charge in [0.05, 0.1) is 6.61 Å². The molecule has 0 saturated carbocycles. The Balaban J connectivity index is 4.44. The number of rotatable bonds is 4. The maximum Gasteiger partial charge on any atom is 0.267 e. The lowest BCUT2D eigenvalue weighted by Gasteiger charge is -2.27. The molecule has 7 nitrogen and oxygen atoms in total. The summed E-state index contributed by atoms with van der Waals surface area (Å²) in [5.41, 5.74) is 6.70. The van der Waals surface area contributed by atoms with Gasteiger partial charge in [0.25, 0.3) is 5.91 Å². The largest absolute Gasteiger partial charge is 0.394 e. The number of hydrogen-bond acceptors (Lipinski definition) is 6. The van der Waals surface area contributed by atoms with Crippen LogP contribution >= 0.6 is 0 Å². The maximum absolute atomic E-state index is 10.4. The van der Waals surface area contributed by atoms with Gasteiger partial charge in [0.1, 0.15) is 12.2 Å². The molecule has 0 heterocycles. The highest BCUT2D eigenvalue weighted by atomic mass is 16.4. The third-order valence-electron chi connectivity index (χ3n) is 1.40. The Hall–Kier alpha value is -0.730. The van der Waals surface area contributed by atoms with Crippen molar-refractivity contribution in [3.8, 4) is 0 Å². The van der Waals surface area contributed by atoms with Crippen molar-refractivity contribution >= 4 is 5.91 Å². The lowest BCUT2D eigenvalue weighted by atomic mass is 10.0. The van der Waals surface area contributed by atoms with Crippen molar-refractivity contribution in [2.45, 2.75) is 17.9 Å². The molecule has 8 N–H and O–H groups in total. The molecule has 0 spiro atoms. The molecule has 0 radical (unpaired) electrons. The average molecular weight is 180 g/mol. The minimum absolute atomic E-state index is 0.839. The fourth-order valence-electron chi connectivity index (χ4n) is 0.539. The predicted molar refractivity (Wildman–Crippen MR) is 37.4 cm³/mol. The molecular formula is C5H12N2O5. The molecule has 0 unspecified atom stereocenters. The molecule has 0 bridgehead atoms. The van der Waals surface area contributed by atoms with Crippen LogP contribution in [0.5, 0.6) is 0 Å². The molecule has 72 valence electrons. The van der Waals surface area contributed by atoms with Crippen LogP contribution in [0.4, 0.5) is 0 Å². The van der Waals surface area contributed by atoms with E-state index >= 15 is 0 Å². The van der Waals surface area contributed by atoms with Gasteiger partial charge in [-0.25, -0.2) is 0 Å². The van der Waals surface area contributed by atoms with E-state index in [1.807, 2.05) is 0 Å². The lowest BCUT2D eigenvalue weighted by Crippen LogP contribution is -2.64. The van der Waals surface area contributed by atoms with Gasteiger partial charge in [-0.15, -0.1) is 0 Å². The maximum atomic E-state index is 10.4. The van der Waals surface area contributed by atoms with E-state index in [0.29, 0.717) is 0 Å². The van der Waals surface area contributed by atoms with E-state index in [1.54, 1.807) is 0 Å². The van der Waals surface area contributed by atoms with Crippen molar-refractivity contribution in [3.63, 3.8) is 0 Å². The second-order valence-electron chi connectivity index (χ2n) is 2.38. The second kappa shape index (κ2) is 3.78. The molecule has 0 aliphatic heterocycles. The van der Waals surface area contributed by atoms with Crippen LogP contribution in [0.15, 0.2) is 0 Å². The molecular weight excluding hydrogens is 168 g/mol. The summed E-state index contributed by atoms with van der Waals surface area (Å²) in [4.78, 5) is 10.4. The second-order valence-corrected chi connectivity index (χ2v) is 2.38. The SMILES string of the molecule is NC(=O)[C@](N)(O)[C@@H](O)[C@H](O)CO. The van der Waals surface area contributed by atoms with Crippen molar-refractivity contribution in [2.24, 2.45) is 11.5 Å². The number of primary amides is 1. The molecule has 0 aliphatic rings. The Labute approximate surface area is 68.2 Å². The van der Waals surface area contributed by atoms with Gasteiger partial charge < -0.3 is 26.2 Å². The van der Waals surface area contributed by atoms with Crippen LogP contribution in [0.25, 0.3) is 0 Å². The Morgan fingerprint density at radius 1 is 1.50 bits per heavy atom. The molecule has 0 aromatic carbocycles. The number of nitrogens with two attached hydrogens (primary N) is 2. The van der Waals surface area contributed by atoms with E-state index in [-0.39, 0.29) is 0 Å². The summed E-state index contributed by atoms with van der Waals surface area (Å²) in [5.74, 6) is -1.39.